The molecule has 2 unspecified atom stereocenters. The van der Waals surface area contributed by atoms with Crippen LogP contribution in [0, 0.1) is 5.92 Å². The Balaban J connectivity index is 2.12. The van der Waals surface area contributed by atoms with Crippen molar-refractivity contribution in [2.75, 3.05) is 11.1 Å². The summed E-state index contributed by atoms with van der Waals surface area (Å²) in [7, 11) is 0. The fraction of sp³-hybridized carbons (Fsp3) is 0.600. The molecule has 0 aromatic carbocycles. The number of nitrogens with zero attached hydrogens (tertiary/aromatic N) is 2. The van der Waals surface area contributed by atoms with Crippen LogP contribution in [0.25, 0.3) is 0 Å². The Morgan fingerprint density at radius 2 is 2.33 bits per heavy atom. The molecule has 3 N–H and O–H groups in total. The monoisotopic (exact) mass is 226 g/mol. The summed E-state index contributed by atoms with van der Waals surface area (Å²) in [6.07, 6.45) is 5.23. The van der Waals surface area contributed by atoms with Gasteiger partial charge in [-0.05, 0) is 30.4 Å². The average molecular weight is 227 g/mol. The van der Waals surface area contributed by atoms with Crippen molar-refractivity contribution in [3.63, 3.8) is 0 Å². The van der Waals surface area contributed by atoms with E-state index in [9.17, 15) is 0 Å². The molecule has 0 spiro atoms. The first kappa shape index (κ1) is 10.5. The van der Waals surface area contributed by atoms with E-state index in [4.69, 9.17) is 17.3 Å². The molecule has 0 saturated heterocycles. The van der Waals surface area contributed by atoms with E-state index in [1.165, 1.54) is 25.5 Å². The highest BCUT2D eigenvalue weighted by Crippen LogP contribution is 2.29. The van der Waals surface area contributed by atoms with Gasteiger partial charge in [0.2, 0.25) is 5.28 Å². The van der Waals surface area contributed by atoms with Gasteiger partial charge in [-0.15, -0.1) is 0 Å². The lowest BCUT2D eigenvalue weighted by molar-refractivity contribution is 0.555. The van der Waals surface area contributed by atoms with Gasteiger partial charge >= 0.3 is 0 Å². The number of nitrogens with two attached hydrogens (primary N) is 1. The van der Waals surface area contributed by atoms with Gasteiger partial charge in [0.05, 0.1) is 11.9 Å². The molecule has 2 atom stereocenters. The van der Waals surface area contributed by atoms with Gasteiger partial charge in [0.1, 0.15) is 0 Å². The van der Waals surface area contributed by atoms with Gasteiger partial charge in [-0.1, -0.05) is 13.3 Å². The Kier molecular flexibility index (Phi) is 2.95. The van der Waals surface area contributed by atoms with Crippen molar-refractivity contribution >= 4 is 23.1 Å². The second-order valence-electron chi connectivity index (χ2n) is 4.10. The maximum Gasteiger partial charge on any atom is 0.224 e. The molecule has 15 heavy (non-hydrogen) atoms. The van der Waals surface area contributed by atoms with Gasteiger partial charge in [-0.3, -0.25) is 0 Å². The molecule has 1 aliphatic rings. The SMILES string of the molecule is CC1CCCC1Nc1nc(Cl)ncc1N. The summed E-state index contributed by atoms with van der Waals surface area (Å²) in [6, 6.07) is 0.457. The Hall–Kier alpha value is -1.03. The third kappa shape index (κ3) is 2.31. The number of anilines is 2. The number of hydrogen-bond acceptors (Lipinski definition) is 4. The smallest absolute Gasteiger partial charge is 0.224 e. The Labute approximate surface area is 94.2 Å². The van der Waals surface area contributed by atoms with Crippen molar-refractivity contribution < 1.29 is 0 Å². The summed E-state index contributed by atoms with van der Waals surface area (Å²) < 4.78 is 0. The van der Waals surface area contributed by atoms with E-state index in [-0.39, 0.29) is 5.28 Å². The summed E-state index contributed by atoms with van der Waals surface area (Å²) in [5.74, 6) is 1.33. The van der Waals surface area contributed by atoms with E-state index in [1.54, 1.807) is 0 Å². The van der Waals surface area contributed by atoms with Crippen LogP contribution in [0.1, 0.15) is 26.2 Å². The van der Waals surface area contributed by atoms with Gasteiger partial charge in [-0.2, -0.15) is 4.98 Å². The molecule has 0 radical (unpaired) electrons. The van der Waals surface area contributed by atoms with E-state index >= 15 is 0 Å². The standard InChI is InChI=1S/C10H15ClN4/c1-6-3-2-4-8(6)14-9-7(12)5-13-10(11)15-9/h5-6,8H,2-4,12H2,1H3,(H,13,14,15). The van der Waals surface area contributed by atoms with E-state index < -0.39 is 0 Å². The lowest BCUT2D eigenvalue weighted by Crippen LogP contribution is -2.23. The number of nitrogens with one attached hydrogen (secondary N) is 1. The number of nitrogen functional groups attached to an aromatic ring is 1. The molecule has 0 amide bonds. The van der Waals surface area contributed by atoms with Crippen LogP contribution >= 0.6 is 11.6 Å². The highest BCUT2D eigenvalue weighted by molar-refractivity contribution is 6.28. The van der Waals surface area contributed by atoms with Crippen LogP contribution < -0.4 is 11.1 Å². The third-order valence-corrected chi connectivity index (χ3v) is 3.15. The maximum atomic E-state index is 5.77. The fourth-order valence-corrected chi connectivity index (χ4v) is 2.15. The van der Waals surface area contributed by atoms with Crippen LogP contribution in [0.15, 0.2) is 6.20 Å². The molecular formula is C10H15ClN4. The Morgan fingerprint density at radius 3 is 3.00 bits per heavy atom. The van der Waals surface area contributed by atoms with Crippen molar-refractivity contribution in [2.24, 2.45) is 5.92 Å². The molecule has 1 aromatic rings. The summed E-state index contributed by atoms with van der Waals surface area (Å²) in [6.45, 7) is 2.24. The first-order valence-corrected chi connectivity index (χ1v) is 5.59. The first-order valence-electron chi connectivity index (χ1n) is 5.21. The van der Waals surface area contributed by atoms with E-state index in [2.05, 4.69) is 22.2 Å². The van der Waals surface area contributed by atoms with Crippen LogP contribution in [0.5, 0.6) is 0 Å². The molecule has 0 bridgehead atoms. The minimum absolute atomic E-state index is 0.234. The quantitative estimate of drug-likeness (QED) is 0.760. The summed E-state index contributed by atoms with van der Waals surface area (Å²) in [4.78, 5) is 7.91. The summed E-state index contributed by atoms with van der Waals surface area (Å²) >= 11 is 5.72. The zero-order chi connectivity index (χ0) is 10.8. The van der Waals surface area contributed by atoms with Crippen molar-refractivity contribution in [1.82, 2.24) is 9.97 Å². The molecule has 5 heteroatoms. The topological polar surface area (TPSA) is 63.8 Å². The molecule has 1 heterocycles. The van der Waals surface area contributed by atoms with Gasteiger partial charge in [-0.25, -0.2) is 4.98 Å². The molecule has 0 aliphatic heterocycles. The maximum absolute atomic E-state index is 5.77. The normalized spacial score (nSPS) is 25.5. The lowest BCUT2D eigenvalue weighted by atomic mass is 10.1. The Bertz CT molecular complexity index is 355. The van der Waals surface area contributed by atoms with Crippen LogP contribution in [-0.2, 0) is 0 Å². The number of rotatable bonds is 2. The van der Waals surface area contributed by atoms with Crippen LogP contribution in [0.4, 0.5) is 11.5 Å². The minimum Gasteiger partial charge on any atom is -0.394 e. The average Bonchev–Trinajstić information content (AvgIpc) is 2.58. The molecule has 4 nitrogen and oxygen atoms in total. The van der Waals surface area contributed by atoms with Crippen molar-refractivity contribution in [3.05, 3.63) is 11.5 Å². The van der Waals surface area contributed by atoms with E-state index in [1.807, 2.05) is 0 Å². The molecule has 1 aliphatic carbocycles. The second kappa shape index (κ2) is 4.23. The van der Waals surface area contributed by atoms with Crippen LogP contribution in [0.2, 0.25) is 5.28 Å². The van der Waals surface area contributed by atoms with Gasteiger partial charge in [0.15, 0.2) is 5.82 Å². The van der Waals surface area contributed by atoms with E-state index in [0.29, 0.717) is 23.5 Å². The summed E-state index contributed by atoms with van der Waals surface area (Å²) in [5, 5.41) is 3.57. The second-order valence-corrected chi connectivity index (χ2v) is 4.44. The lowest BCUT2D eigenvalue weighted by Gasteiger charge is -2.18. The fourth-order valence-electron chi connectivity index (χ4n) is 2.02. The summed E-state index contributed by atoms with van der Waals surface area (Å²) in [5.41, 5.74) is 6.32. The number of aromatic nitrogens is 2. The van der Waals surface area contributed by atoms with Gasteiger partial charge in [0, 0.05) is 6.04 Å². The molecule has 1 saturated carbocycles. The molecule has 2 rings (SSSR count). The Morgan fingerprint density at radius 1 is 1.53 bits per heavy atom. The first-order chi connectivity index (χ1) is 7.16. The number of halogens is 1. The minimum atomic E-state index is 0.234. The molecule has 1 fully saturated rings. The van der Waals surface area contributed by atoms with Gasteiger partial charge < -0.3 is 11.1 Å². The highest BCUT2D eigenvalue weighted by atomic mass is 35.5. The highest BCUT2D eigenvalue weighted by Gasteiger charge is 2.24. The van der Waals surface area contributed by atoms with Crippen LogP contribution in [0.3, 0.4) is 0 Å². The molecule has 1 aromatic heterocycles. The van der Waals surface area contributed by atoms with Crippen molar-refractivity contribution in [1.29, 1.82) is 0 Å². The zero-order valence-electron chi connectivity index (χ0n) is 8.70. The predicted octanol–water partition coefficient (Wildman–Crippen LogP) is 2.31. The largest absolute Gasteiger partial charge is 0.394 e. The number of hydrogen-bond donors (Lipinski definition) is 2. The zero-order valence-corrected chi connectivity index (χ0v) is 9.46. The predicted molar refractivity (Wildman–Crippen MR) is 61.9 cm³/mol. The van der Waals surface area contributed by atoms with Crippen molar-refractivity contribution in [2.45, 2.75) is 32.2 Å². The van der Waals surface area contributed by atoms with E-state index in [0.717, 1.165) is 0 Å². The van der Waals surface area contributed by atoms with Crippen LogP contribution in [-0.4, -0.2) is 16.0 Å². The molecule has 82 valence electrons. The van der Waals surface area contributed by atoms with Crippen molar-refractivity contribution in [3.8, 4) is 0 Å². The third-order valence-electron chi connectivity index (χ3n) is 2.97. The van der Waals surface area contributed by atoms with Gasteiger partial charge in [0.25, 0.3) is 0 Å². The molecular weight excluding hydrogens is 212 g/mol.